The number of aryl methyl sites for hydroxylation is 1. The van der Waals surface area contributed by atoms with Crippen molar-refractivity contribution < 1.29 is 4.79 Å². The lowest BCUT2D eigenvalue weighted by atomic mass is 10.2. The van der Waals surface area contributed by atoms with E-state index >= 15 is 0 Å². The summed E-state index contributed by atoms with van der Waals surface area (Å²) < 4.78 is 0. The molecule has 80 valence electrons. The van der Waals surface area contributed by atoms with Gasteiger partial charge in [-0.15, -0.1) is 11.8 Å². The standard InChI is InChI=1S/C11H14N2OS/c1-8-3-2-4-9(5-8)13-11(14)10-6-15-7-12-10/h2-5,10,12H,6-7H2,1H3,(H,13,14)/t10-/m0/s1. The van der Waals surface area contributed by atoms with Crippen LogP contribution >= 0.6 is 11.8 Å². The molecule has 1 amide bonds. The largest absolute Gasteiger partial charge is 0.325 e. The lowest BCUT2D eigenvalue weighted by Gasteiger charge is -2.10. The van der Waals surface area contributed by atoms with E-state index in [0.717, 1.165) is 22.9 Å². The molecule has 1 aliphatic rings. The van der Waals surface area contributed by atoms with Gasteiger partial charge in [-0.1, -0.05) is 12.1 Å². The van der Waals surface area contributed by atoms with Crippen LogP contribution in [0.3, 0.4) is 0 Å². The van der Waals surface area contributed by atoms with Crippen LogP contribution < -0.4 is 10.6 Å². The minimum Gasteiger partial charge on any atom is -0.325 e. The van der Waals surface area contributed by atoms with Crippen LogP contribution in [0.4, 0.5) is 5.69 Å². The van der Waals surface area contributed by atoms with Crippen LogP contribution in [0, 0.1) is 6.92 Å². The lowest BCUT2D eigenvalue weighted by Crippen LogP contribution is -2.37. The van der Waals surface area contributed by atoms with E-state index in [4.69, 9.17) is 0 Å². The number of carbonyl (C=O) groups is 1. The predicted molar refractivity (Wildman–Crippen MR) is 64.1 cm³/mol. The highest BCUT2D eigenvalue weighted by Crippen LogP contribution is 2.13. The molecule has 0 aromatic heterocycles. The smallest absolute Gasteiger partial charge is 0.242 e. The minimum absolute atomic E-state index is 0.0458. The summed E-state index contributed by atoms with van der Waals surface area (Å²) in [6, 6.07) is 7.80. The Bertz CT molecular complexity index is 361. The second-order valence-corrected chi connectivity index (χ2v) is 4.66. The summed E-state index contributed by atoms with van der Waals surface area (Å²) in [6.45, 7) is 2.01. The molecule has 1 aromatic carbocycles. The summed E-state index contributed by atoms with van der Waals surface area (Å²) in [4.78, 5) is 11.7. The van der Waals surface area contributed by atoms with Gasteiger partial charge in [-0.25, -0.2) is 0 Å². The molecule has 1 aliphatic heterocycles. The molecule has 15 heavy (non-hydrogen) atoms. The topological polar surface area (TPSA) is 41.1 Å². The van der Waals surface area contributed by atoms with Gasteiger partial charge in [0.2, 0.25) is 5.91 Å². The monoisotopic (exact) mass is 222 g/mol. The van der Waals surface area contributed by atoms with Crippen LogP contribution in [0.15, 0.2) is 24.3 Å². The number of hydrogen-bond acceptors (Lipinski definition) is 3. The molecule has 2 rings (SSSR count). The van der Waals surface area contributed by atoms with Gasteiger partial charge in [0.05, 0.1) is 6.04 Å². The van der Waals surface area contributed by atoms with E-state index in [1.54, 1.807) is 11.8 Å². The Kier molecular flexibility index (Phi) is 3.28. The van der Waals surface area contributed by atoms with Gasteiger partial charge in [0.15, 0.2) is 0 Å². The number of benzene rings is 1. The van der Waals surface area contributed by atoms with Crippen molar-refractivity contribution >= 4 is 23.4 Å². The third-order valence-electron chi connectivity index (χ3n) is 2.32. The highest BCUT2D eigenvalue weighted by atomic mass is 32.2. The summed E-state index contributed by atoms with van der Waals surface area (Å²) in [7, 11) is 0. The molecular formula is C11H14N2OS. The van der Waals surface area contributed by atoms with Gasteiger partial charge in [0.25, 0.3) is 0 Å². The van der Waals surface area contributed by atoms with Crippen molar-refractivity contribution in [2.24, 2.45) is 0 Å². The zero-order valence-corrected chi connectivity index (χ0v) is 9.43. The van der Waals surface area contributed by atoms with Crippen LogP contribution in [0.1, 0.15) is 5.56 Å². The third-order valence-corrected chi connectivity index (χ3v) is 3.26. The van der Waals surface area contributed by atoms with Crippen molar-refractivity contribution in [3.8, 4) is 0 Å². The zero-order chi connectivity index (χ0) is 10.7. The lowest BCUT2D eigenvalue weighted by molar-refractivity contribution is -0.117. The van der Waals surface area contributed by atoms with Crippen LogP contribution in [-0.2, 0) is 4.79 Å². The van der Waals surface area contributed by atoms with Gasteiger partial charge in [0.1, 0.15) is 0 Å². The van der Waals surface area contributed by atoms with E-state index in [0.29, 0.717) is 0 Å². The molecule has 1 heterocycles. The summed E-state index contributed by atoms with van der Waals surface area (Å²) in [5.74, 6) is 1.79. The van der Waals surface area contributed by atoms with Crippen molar-refractivity contribution in [2.45, 2.75) is 13.0 Å². The fourth-order valence-corrected chi connectivity index (χ4v) is 2.46. The Labute approximate surface area is 93.6 Å². The maximum Gasteiger partial charge on any atom is 0.242 e. The summed E-state index contributed by atoms with van der Waals surface area (Å²) in [5.41, 5.74) is 2.03. The van der Waals surface area contributed by atoms with Crippen LogP contribution in [-0.4, -0.2) is 23.6 Å². The van der Waals surface area contributed by atoms with Gasteiger partial charge >= 0.3 is 0 Å². The van der Waals surface area contributed by atoms with Crippen molar-refractivity contribution in [2.75, 3.05) is 16.9 Å². The molecule has 1 aromatic rings. The molecule has 1 saturated heterocycles. The molecule has 0 aliphatic carbocycles. The molecule has 0 bridgehead atoms. The Morgan fingerprint density at radius 3 is 3.13 bits per heavy atom. The van der Waals surface area contributed by atoms with Gasteiger partial charge < -0.3 is 5.32 Å². The van der Waals surface area contributed by atoms with Gasteiger partial charge in [0, 0.05) is 17.3 Å². The average molecular weight is 222 g/mol. The van der Waals surface area contributed by atoms with Crippen molar-refractivity contribution in [3.63, 3.8) is 0 Å². The Morgan fingerprint density at radius 1 is 1.60 bits per heavy atom. The minimum atomic E-state index is -0.0458. The zero-order valence-electron chi connectivity index (χ0n) is 8.62. The molecule has 0 radical (unpaired) electrons. The van der Waals surface area contributed by atoms with E-state index in [1.807, 2.05) is 31.2 Å². The maximum atomic E-state index is 11.7. The second kappa shape index (κ2) is 4.68. The van der Waals surface area contributed by atoms with E-state index in [9.17, 15) is 4.79 Å². The fourth-order valence-electron chi connectivity index (χ4n) is 1.52. The van der Waals surface area contributed by atoms with Gasteiger partial charge in [-0.2, -0.15) is 0 Å². The molecule has 1 fully saturated rings. The van der Waals surface area contributed by atoms with Crippen LogP contribution in [0.2, 0.25) is 0 Å². The number of rotatable bonds is 2. The molecule has 4 heteroatoms. The molecular weight excluding hydrogens is 208 g/mol. The van der Waals surface area contributed by atoms with Gasteiger partial charge in [-0.3, -0.25) is 10.1 Å². The molecule has 0 spiro atoms. The van der Waals surface area contributed by atoms with Crippen molar-refractivity contribution in [1.82, 2.24) is 5.32 Å². The SMILES string of the molecule is Cc1cccc(NC(=O)[C@@H]2CSCN2)c1. The Morgan fingerprint density at radius 2 is 2.47 bits per heavy atom. The number of anilines is 1. The molecule has 2 N–H and O–H groups in total. The number of carbonyl (C=O) groups excluding carboxylic acids is 1. The number of amides is 1. The molecule has 0 saturated carbocycles. The Hall–Kier alpha value is -1.00. The van der Waals surface area contributed by atoms with Gasteiger partial charge in [-0.05, 0) is 24.6 Å². The highest BCUT2D eigenvalue weighted by molar-refractivity contribution is 7.99. The first-order valence-electron chi connectivity index (χ1n) is 4.94. The summed E-state index contributed by atoms with van der Waals surface area (Å²) >= 11 is 1.75. The summed E-state index contributed by atoms with van der Waals surface area (Å²) in [6.07, 6.45) is 0. The molecule has 0 unspecified atom stereocenters. The van der Waals surface area contributed by atoms with E-state index in [-0.39, 0.29) is 11.9 Å². The van der Waals surface area contributed by atoms with E-state index in [1.165, 1.54) is 0 Å². The third kappa shape index (κ3) is 2.73. The Balaban J connectivity index is 1.99. The predicted octanol–water partition coefficient (Wildman–Crippen LogP) is 1.60. The van der Waals surface area contributed by atoms with Crippen molar-refractivity contribution in [1.29, 1.82) is 0 Å². The highest BCUT2D eigenvalue weighted by Gasteiger charge is 2.22. The average Bonchev–Trinajstić information content (AvgIpc) is 2.70. The second-order valence-electron chi connectivity index (χ2n) is 3.63. The van der Waals surface area contributed by atoms with E-state index in [2.05, 4.69) is 10.6 Å². The van der Waals surface area contributed by atoms with E-state index < -0.39 is 0 Å². The van der Waals surface area contributed by atoms with Crippen LogP contribution in [0.5, 0.6) is 0 Å². The number of nitrogens with one attached hydrogen (secondary N) is 2. The summed E-state index contributed by atoms with van der Waals surface area (Å²) in [5, 5.41) is 6.05. The normalized spacial score (nSPS) is 20.2. The number of thioether (sulfide) groups is 1. The molecule has 3 nitrogen and oxygen atoms in total. The quantitative estimate of drug-likeness (QED) is 0.798. The fraction of sp³-hybridized carbons (Fsp3) is 0.364. The van der Waals surface area contributed by atoms with Crippen molar-refractivity contribution in [3.05, 3.63) is 29.8 Å². The molecule has 1 atom stereocenters. The first-order chi connectivity index (χ1) is 7.25. The maximum absolute atomic E-state index is 11.7. The van der Waals surface area contributed by atoms with Crippen LogP contribution in [0.25, 0.3) is 0 Å². The first-order valence-corrected chi connectivity index (χ1v) is 6.10. The number of hydrogen-bond donors (Lipinski definition) is 2. The first kappa shape index (κ1) is 10.5.